The summed E-state index contributed by atoms with van der Waals surface area (Å²) in [6.45, 7) is 3.79. The normalized spacial score (nSPS) is 11.4. The fourth-order valence-corrected chi connectivity index (χ4v) is 4.66. The van der Waals surface area contributed by atoms with E-state index in [1.165, 1.54) is 11.8 Å². The molecule has 0 bridgehead atoms. The first kappa shape index (κ1) is 25.8. The van der Waals surface area contributed by atoms with Crippen LogP contribution in [0.4, 0.5) is 0 Å². The lowest BCUT2D eigenvalue weighted by Crippen LogP contribution is -2.21. The highest BCUT2D eigenvalue weighted by Gasteiger charge is 2.17. The first-order chi connectivity index (χ1) is 17.4. The number of carbonyl (C=O) groups is 1. The van der Waals surface area contributed by atoms with Crippen molar-refractivity contribution < 1.29 is 9.53 Å². The Bertz CT molecular complexity index is 1400. The van der Waals surface area contributed by atoms with E-state index in [4.69, 9.17) is 27.9 Å². The number of hydrogen-bond donors (Lipinski definition) is 1. The van der Waals surface area contributed by atoms with Crippen LogP contribution in [0.1, 0.15) is 18.1 Å². The standard InChI is InChI=1S/C26H23Cl2N5O2S/c1-16-4-9-20(10-5-16)33-25(18-6-11-21(35-3)12-7-18)31-32-26(33)36-15-24(34)30-29-17(2)22-13-8-19(27)14-23(22)28/h4-14H,15H2,1-3H3,(H,30,34). The predicted molar refractivity (Wildman–Crippen MR) is 146 cm³/mol. The van der Waals surface area contributed by atoms with Gasteiger partial charge in [0.1, 0.15) is 5.75 Å². The average molecular weight is 540 g/mol. The molecule has 10 heteroatoms. The van der Waals surface area contributed by atoms with Crippen molar-refractivity contribution >= 4 is 46.6 Å². The van der Waals surface area contributed by atoms with Crippen LogP contribution in [0.15, 0.2) is 77.0 Å². The maximum absolute atomic E-state index is 12.6. The first-order valence-electron chi connectivity index (χ1n) is 10.9. The second-order valence-corrected chi connectivity index (χ2v) is 9.64. The van der Waals surface area contributed by atoms with Gasteiger partial charge in [0, 0.05) is 21.8 Å². The number of benzene rings is 3. The number of rotatable bonds is 8. The summed E-state index contributed by atoms with van der Waals surface area (Å²) < 4.78 is 7.20. The van der Waals surface area contributed by atoms with Crippen molar-refractivity contribution in [3.63, 3.8) is 0 Å². The van der Waals surface area contributed by atoms with Gasteiger partial charge in [-0.15, -0.1) is 10.2 Å². The van der Waals surface area contributed by atoms with Crippen LogP contribution in [0.2, 0.25) is 10.0 Å². The molecular formula is C26H23Cl2N5O2S. The summed E-state index contributed by atoms with van der Waals surface area (Å²) in [5, 5.41) is 14.5. The molecular weight excluding hydrogens is 517 g/mol. The van der Waals surface area contributed by atoms with Crippen LogP contribution in [0.3, 0.4) is 0 Å². The monoisotopic (exact) mass is 539 g/mol. The van der Waals surface area contributed by atoms with Crippen LogP contribution in [0, 0.1) is 6.92 Å². The molecule has 36 heavy (non-hydrogen) atoms. The Hall–Kier alpha value is -3.33. The largest absolute Gasteiger partial charge is 0.497 e. The Morgan fingerprint density at radius 1 is 1.06 bits per heavy atom. The number of nitrogens with one attached hydrogen (secondary N) is 1. The van der Waals surface area contributed by atoms with Crippen molar-refractivity contribution in [3.8, 4) is 22.8 Å². The highest BCUT2D eigenvalue weighted by molar-refractivity contribution is 7.99. The SMILES string of the molecule is COc1ccc(-c2nnc(SCC(=O)NN=C(C)c3ccc(Cl)cc3Cl)n2-c2ccc(C)cc2)cc1. The van der Waals surface area contributed by atoms with E-state index >= 15 is 0 Å². The fraction of sp³-hybridized carbons (Fsp3) is 0.154. The molecule has 184 valence electrons. The molecule has 0 radical (unpaired) electrons. The molecule has 0 atom stereocenters. The molecule has 0 aliphatic heterocycles. The summed E-state index contributed by atoms with van der Waals surface area (Å²) >= 11 is 13.5. The van der Waals surface area contributed by atoms with E-state index in [1.807, 2.05) is 60.0 Å². The van der Waals surface area contributed by atoms with Gasteiger partial charge in [0.05, 0.1) is 23.6 Å². The third-order valence-electron chi connectivity index (χ3n) is 5.28. The van der Waals surface area contributed by atoms with Gasteiger partial charge >= 0.3 is 0 Å². The van der Waals surface area contributed by atoms with Crippen LogP contribution < -0.4 is 10.2 Å². The zero-order valence-electron chi connectivity index (χ0n) is 19.8. The van der Waals surface area contributed by atoms with Crippen LogP contribution in [-0.4, -0.2) is 39.2 Å². The van der Waals surface area contributed by atoms with E-state index in [1.54, 1.807) is 32.2 Å². The molecule has 4 rings (SSSR count). The Labute approximate surface area is 223 Å². The molecule has 0 unspecified atom stereocenters. The highest BCUT2D eigenvalue weighted by atomic mass is 35.5. The third kappa shape index (κ3) is 6.07. The van der Waals surface area contributed by atoms with E-state index in [0.717, 1.165) is 22.6 Å². The minimum atomic E-state index is -0.283. The lowest BCUT2D eigenvalue weighted by atomic mass is 10.1. The Morgan fingerprint density at radius 2 is 1.78 bits per heavy atom. The van der Waals surface area contributed by atoms with Crippen LogP contribution in [0.5, 0.6) is 5.75 Å². The number of methoxy groups -OCH3 is 1. The van der Waals surface area contributed by atoms with Gasteiger partial charge in [-0.2, -0.15) is 5.10 Å². The Kier molecular flexibility index (Phi) is 8.30. The molecule has 0 saturated heterocycles. The number of halogens is 2. The van der Waals surface area contributed by atoms with Gasteiger partial charge in [0.15, 0.2) is 11.0 Å². The number of hydrogen-bond acceptors (Lipinski definition) is 6. The zero-order chi connectivity index (χ0) is 25.7. The topological polar surface area (TPSA) is 81.4 Å². The van der Waals surface area contributed by atoms with Gasteiger partial charge in [0.25, 0.3) is 5.91 Å². The lowest BCUT2D eigenvalue weighted by molar-refractivity contribution is -0.118. The Morgan fingerprint density at radius 3 is 2.44 bits per heavy atom. The Balaban J connectivity index is 1.53. The van der Waals surface area contributed by atoms with Crippen LogP contribution in [-0.2, 0) is 4.79 Å². The van der Waals surface area contributed by atoms with Gasteiger partial charge in [-0.3, -0.25) is 9.36 Å². The third-order valence-corrected chi connectivity index (χ3v) is 6.75. The van der Waals surface area contributed by atoms with E-state index in [-0.39, 0.29) is 11.7 Å². The molecule has 1 N–H and O–H groups in total. The number of thioether (sulfide) groups is 1. The van der Waals surface area contributed by atoms with Crippen molar-refractivity contribution in [1.82, 2.24) is 20.2 Å². The zero-order valence-corrected chi connectivity index (χ0v) is 22.2. The number of amides is 1. The molecule has 1 aromatic heterocycles. The van der Waals surface area contributed by atoms with Gasteiger partial charge in [-0.1, -0.05) is 58.7 Å². The van der Waals surface area contributed by atoms with Crippen LogP contribution >= 0.6 is 35.0 Å². The summed E-state index contributed by atoms with van der Waals surface area (Å²) in [6.07, 6.45) is 0. The second kappa shape index (κ2) is 11.6. The average Bonchev–Trinajstić information content (AvgIpc) is 3.30. The summed E-state index contributed by atoms with van der Waals surface area (Å²) in [4.78, 5) is 12.6. The molecule has 0 saturated carbocycles. The molecule has 0 aliphatic carbocycles. The summed E-state index contributed by atoms with van der Waals surface area (Å²) in [5.41, 5.74) is 6.75. The molecule has 1 amide bonds. The molecule has 7 nitrogen and oxygen atoms in total. The van der Waals surface area contributed by atoms with E-state index in [9.17, 15) is 4.79 Å². The number of ether oxygens (including phenoxy) is 1. The van der Waals surface area contributed by atoms with E-state index in [0.29, 0.717) is 32.3 Å². The molecule has 0 fully saturated rings. The quantitative estimate of drug-likeness (QED) is 0.164. The maximum Gasteiger partial charge on any atom is 0.250 e. The number of aromatic nitrogens is 3. The number of aryl methyl sites for hydroxylation is 1. The fourth-order valence-electron chi connectivity index (χ4n) is 3.37. The van der Waals surface area contributed by atoms with Gasteiger partial charge in [0.2, 0.25) is 0 Å². The van der Waals surface area contributed by atoms with Crippen molar-refractivity contribution in [2.75, 3.05) is 12.9 Å². The van der Waals surface area contributed by atoms with Gasteiger partial charge in [-0.05, 0) is 62.4 Å². The minimum Gasteiger partial charge on any atom is -0.497 e. The highest BCUT2D eigenvalue weighted by Crippen LogP contribution is 2.29. The predicted octanol–water partition coefficient (Wildman–Crippen LogP) is 6.19. The van der Waals surface area contributed by atoms with Crippen molar-refractivity contribution in [2.24, 2.45) is 5.10 Å². The summed E-state index contributed by atoms with van der Waals surface area (Å²) in [6, 6.07) is 20.7. The van der Waals surface area contributed by atoms with E-state index < -0.39 is 0 Å². The minimum absolute atomic E-state index is 0.0950. The number of hydrazone groups is 1. The number of nitrogens with zero attached hydrogens (tertiary/aromatic N) is 4. The first-order valence-corrected chi connectivity index (χ1v) is 12.7. The number of carbonyl (C=O) groups excluding carboxylic acids is 1. The van der Waals surface area contributed by atoms with Crippen LogP contribution in [0.25, 0.3) is 17.1 Å². The molecule has 0 aliphatic rings. The molecule has 0 spiro atoms. The van der Waals surface area contributed by atoms with Gasteiger partial charge < -0.3 is 4.74 Å². The van der Waals surface area contributed by atoms with Crippen molar-refractivity contribution in [3.05, 3.63) is 87.9 Å². The van der Waals surface area contributed by atoms with Gasteiger partial charge in [-0.25, -0.2) is 5.43 Å². The molecule has 3 aromatic carbocycles. The maximum atomic E-state index is 12.6. The van der Waals surface area contributed by atoms with Crippen molar-refractivity contribution in [1.29, 1.82) is 0 Å². The van der Waals surface area contributed by atoms with Crippen molar-refractivity contribution in [2.45, 2.75) is 19.0 Å². The molecule has 1 heterocycles. The lowest BCUT2D eigenvalue weighted by Gasteiger charge is -2.11. The summed E-state index contributed by atoms with van der Waals surface area (Å²) in [7, 11) is 1.62. The molecule has 4 aromatic rings. The van der Waals surface area contributed by atoms with E-state index in [2.05, 4.69) is 20.7 Å². The smallest absolute Gasteiger partial charge is 0.250 e. The second-order valence-electron chi connectivity index (χ2n) is 7.85. The summed E-state index contributed by atoms with van der Waals surface area (Å²) in [5.74, 6) is 1.23.